The molecule has 204 valence electrons. The number of rotatable bonds is 7. The van der Waals surface area contributed by atoms with Crippen molar-refractivity contribution in [2.24, 2.45) is 22.7 Å². The van der Waals surface area contributed by atoms with Gasteiger partial charge in [0.05, 0.1) is 12.7 Å². The second-order valence-corrected chi connectivity index (χ2v) is 11.6. The third-order valence-electron chi connectivity index (χ3n) is 9.46. The molecule has 3 aliphatic rings. The number of hydrogen-bond donors (Lipinski definition) is 3. The number of hydrogen-bond acceptors (Lipinski definition) is 6. The van der Waals surface area contributed by atoms with E-state index < -0.39 is 24.8 Å². The van der Waals surface area contributed by atoms with Gasteiger partial charge in [0, 0.05) is 32.6 Å². The van der Waals surface area contributed by atoms with Gasteiger partial charge in [-0.15, -0.1) is 0 Å². The van der Waals surface area contributed by atoms with E-state index in [2.05, 4.69) is 26.1 Å². The number of carbonyl (C=O) groups is 3. The van der Waals surface area contributed by atoms with Gasteiger partial charge >= 0.3 is 6.09 Å². The monoisotopic (exact) mass is 515 g/mol. The molecule has 1 aliphatic heterocycles. The summed E-state index contributed by atoms with van der Waals surface area (Å²) in [6, 6.07) is 8.39. The fraction of sp³-hybridized carbons (Fsp3) is 0.679. The van der Waals surface area contributed by atoms with Gasteiger partial charge < -0.3 is 30.1 Å². The molecule has 2 bridgehead atoms. The molecule has 1 aromatic rings. The van der Waals surface area contributed by atoms with Gasteiger partial charge in [-0.2, -0.15) is 0 Å². The summed E-state index contributed by atoms with van der Waals surface area (Å²) in [6.45, 7) is 7.62. The van der Waals surface area contributed by atoms with Gasteiger partial charge in [0.1, 0.15) is 12.6 Å². The Hall–Kier alpha value is -2.65. The van der Waals surface area contributed by atoms with Crippen LogP contribution in [0.5, 0.6) is 0 Å². The van der Waals surface area contributed by atoms with Crippen LogP contribution in [0.25, 0.3) is 0 Å². The molecular formula is C28H41N3O6. The Morgan fingerprint density at radius 2 is 1.76 bits per heavy atom. The molecule has 2 aliphatic carbocycles. The van der Waals surface area contributed by atoms with Crippen LogP contribution in [0.1, 0.15) is 52.0 Å². The highest BCUT2D eigenvalue weighted by Gasteiger charge is 2.65. The molecule has 3 N–H and O–H groups in total. The molecule has 3 amide bonds. The van der Waals surface area contributed by atoms with Gasteiger partial charge in [-0.3, -0.25) is 9.59 Å². The number of fused-ring (bicyclic) bond motifs is 2. The van der Waals surface area contributed by atoms with E-state index in [1.807, 2.05) is 30.3 Å². The number of nitrogens with one attached hydrogen (secondary N) is 1. The fourth-order valence-electron chi connectivity index (χ4n) is 6.79. The molecule has 1 saturated heterocycles. The number of amides is 3. The second-order valence-electron chi connectivity index (χ2n) is 11.6. The summed E-state index contributed by atoms with van der Waals surface area (Å²) >= 11 is 0. The highest BCUT2D eigenvalue weighted by molar-refractivity contribution is 5.88. The van der Waals surface area contributed by atoms with Crippen molar-refractivity contribution in [1.29, 1.82) is 0 Å². The largest absolute Gasteiger partial charge is 0.445 e. The SMILES string of the molecule is CC1(C)C2CCC1(C)C(O)C2CC(=O)N[C@@H](CO)C(=O)N1CCCN(C(=O)OCc2ccccc2)CC1. The molecule has 0 radical (unpaired) electrons. The van der Waals surface area contributed by atoms with E-state index >= 15 is 0 Å². The summed E-state index contributed by atoms with van der Waals surface area (Å²) in [5, 5.41) is 23.6. The lowest BCUT2D eigenvalue weighted by Crippen LogP contribution is -2.52. The zero-order valence-electron chi connectivity index (χ0n) is 22.2. The number of nitrogens with zero attached hydrogens (tertiary/aromatic N) is 2. The quantitative estimate of drug-likeness (QED) is 0.512. The minimum Gasteiger partial charge on any atom is -0.445 e. The van der Waals surface area contributed by atoms with Crippen LogP contribution >= 0.6 is 0 Å². The standard InChI is InChI=1S/C28H41N3O6/c1-27(2)21-10-11-28(27,3)24(34)20(21)16-23(33)29-22(17-32)25(35)30-12-7-13-31(15-14-30)26(36)37-18-19-8-5-4-6-9-19/h4-6,8-9,20-22,24,32,34H,7,10-18H2,1-3H3,(H,29,33)/t20?,21?,22-,24?,28?/m0/s1. The van der Waals surface area contributed by atoms with Crippen molar-refractivity contribution in [2.45, 2.75) is 65.2 Å². The van der Waals surface area contributed by atoms with Gasteiger partial charge in [-0.05, 0) is 47.5 Å². The van der Waals surface area contributed by atoms with E-state index in [4.69, 9.17) is 4.74 Å². The number of benzene rings is 1. The lowest BCUT2D eigenvalue weighted by Gasteiger charge is -2.37. The topological polar surface area (TPSA) is 119 Å². The Kier molecular flexibility index (Phi) is 8.14. The number of aliphatic hydroxyl groups excluding tert-OH is 2. The normalized spacial score (nSPS) is 29.5. The molecule has 1 aromatic carbocycles. The van der Waals surface area contributed by atoms with Crippen molar-refractivity contribution in [2.75, 3.05) is 32.8 Å². The third-order valence-corrected chi connectivity index (χ3v) is 9.46. The molecule has 3 fully saturated rings. The van der Waals surface area contributed by atoms with E-state index in [1.54, 1.807) is 9.80 Å². The fourth-order valence-corrected chi connectivity index (χ4v) is 6.79. The van der Waals surface area contributed by atoms with Crippen LogP contribution in [0.4, 0.5) is 4.79 Å². The lowest BCUT2D eigenvalue weighted by molar-refractivity contribution is -0.138. The maximum atomic E-state index is 13.2. The highest BCUT2D eigenvalue weighted by Crippen LogP contribution is 2.68. The minimum absolute atomic E-state index is 0.0519. The van der Waals surface area contributed by atoms with Gasteiger partial charge in [-0.1, -0.05) is 51.1 Å². The summed E-state index contributed by atoms with van der Waals surface area (Å²) in [5.41, 5.74) is 0.637. The summed E-state index contributed by atoms with van der Waals surface area (Å²) in [5.74, 6) is -0.600. The first kappa shape index (κ1) is 27.4. The summed E-state index contributed by atoms with van der Waals surface area (Å²) in [6.07, 6.45) is 1.66. The smallest absolute Gasteiger partial charge is 0.410 e. The Morgan fingerprint density at radius 3 is 2.41 bits per heavy atom. The van der Waals surface area contributed by atoms with E-state index in [9.17, 15) is 24.6 Å². The predicted octanol–water partition coefficient (Wildman–Crippen LogP) is 2.16. The Morgan fingerprint density at radius 1 is 1.08 bits per heavy atom. The van der Waals surface area contributed by atoms with Crippen LogP contribution in [-0.2, 0) is 20.9 Å². The predicted molar refractivity (Wildman–Crippen MR) is 137 cm³/mol. The van der Waals surface area contributed by atoms with Gasteiger partial charge in [0.15, 0.2) is 0 Å². The Labute approximate surface area is 219 Å². The second kappa shape index (κ2) is 11.0. The maximum absolute atomic E-state index is 13.2. The highest BCUT2D eigenvalue weighted by atomic mass is 16.6. The average Bonchev–Trinajstić information content (AvgIpc) is 3.08. The minimum atomic E-state index is -1.05. The Balaban J connectivity index is 1.28. The summed E-state index contributed by atoms with van der Waals surface area (Å²) in [7, 11) is 0. The van der Waals surface area contributed by atoms with Crippen molar-refractivity contribution in [1.82, 2.24) is 15.1 Å². The zero-order chi connectivity index (χ0) is 26.8. The summed E-state index contributed by atoms with van der Waals surface area (Å²) in [4.78, 5) is 41.8. The molecule has 0 aromatic heterocycles. The molecular weight excluding hydrogens is 474 g/mol. The first-order valence-corrected chi connectivity index (χ1v) is 13.4. The van der Waals surface area contributed by atoms with E-state index in [1.165, 1.54) is 0 Å². The molecule has 1 heterocycles. The van der Waals surface area contributed by atoms with Crippen molar-refractivity contribution < 1.29 is 29.3 Å². The van der Waals surface area contributed by atoms with Crippen LogP contribution < -0.4 is 5.32 Å². The molecule has 4 unspecified atom stereocenters. The first-order chi connectivity index (χ1) is 17.6. The first-order valence-electron chi connectivity index (χ1n) is 13.4. The van der Waals surface area contributed by atoms with Crippen LogP contribution in [-0.4, -0.2) is 82.9 Å². The van der Waals surface area contributed by atoms with Crippen molar-refractivity contribution in [3.63, 3.8) is 0 Å². The number of carbonyl (C=O) groups excluding carboxylic acids is 3. The van der Waals surface area contributed by atoms with Gasteiger partial charge in [-0.25, -0.2) is 4.79 Å². The van der Waals surface area contributed by atoms with E-state index in [-0.39, 0.29) is 47.5 Å². The number of ether oxygens (including phenoxy) is 1. The molecule has 37 heavy (non-hydrogen) atoms. The molecule has 9 nitrogen and oxygen atoms in total. The van der Waals surface area contributed by atoms with Gasteiger partial charge in [0.2, 0.25) is 11.8 Å². The maximum Gasteiger partial charge on any atom is 0.410 e. The van der Waals surface area contributed by atoms with Crippen LogP contribution in [0.3, 0.4) is 0 Å². The van der Waals surface area contributed by atoms with E-state index in [0.29, 0.717) is 32.6 Å². The van der Waals surface area contributed by atoms with E-state index in [0.717, 1.165) is 18.4 Å². The van der Waals surface area contributed by atoms with Crippen molar-refractivity contribution >= 4 is 17.9 Å². The van der Waals surface area contributed by atoms with Gasteiger partial charge in [0.25, 0.3) is 0 Å². The summed E-state index contributed by atoms with van der Waals surface area (Å²) < 4.78 is 5.42. The average molecular weight is 516 g/mol. The molecule has 9 heteroatoms. The van der Waals surface area contributed by atoms with Crippen LogP contribution in [0.2, 0.25) is 0 Å². The van der Waals surface area contributed by atoms with Crippen molar-refractivity contribution in [3.05, 3.63) is 35.9 Å². The Bertz CT molecular complexity index is 985. The zero-order valence-corrected chi connectivity index (χ0v) is 22.2. The lowest BCUT2D eigenvalue weighted by atomic mass is 9.70. The van der Waals surface area contributed by atoms with Crippen LogP contribution in [0, 0.1) is 22.7 Å². The van der Waals surface area contributed by atoms with Crippen molar-refractivity contribution in [3.8, 4) is 0 Å². The molecule has 5 atom stereocenters. The van der Waals surface area contributed by atoms with Crippen LogP contribution in [0.15, 0.2) is 30.3 Å². The third kappa shape index (κ3) is 5.34. The molecule has 0 spiro atoms. The molecule has 4 rings (SSSR count). The number of aliphatic hydroxyl groups is 2. The molecule has 2 saturated carbocycles.